The molecule has 1 saturated heterocycles. The number of para-hydroxylation sites is 1. The summed E-state index contributed by atoms with van der Waals surface area (Å²) in [5.74, 6) is -1.71. The molecular weight excluding hydrogens is 633 g/mol. The Hall–Kier alpha value is -5.23. The third-order valence-electron chi connectivity index (χ3n) is 9.02. The Bertz CT molecular complexity index is 1900. The molecule has 49 heavy (non-hydrogen) atoms. The molecule has 0 radical (unpaired) electrons. The summed E-state index contributed by atoms with van der Waals surface area (Å²) in [5.41, 5.74) is 2.76. The van der Waals surface area contributed by atoms with Gasteiger partial charge >= 0.3 is 6.18 Å². The topological polar surface area (TPSA) is 99.6 Å². The first-order valence-corrected chi connectivity index (χ1v) is 16.2. The van der Waals surface area contributed by atoms with Crippen molar-refractivity contribution in [1.82, 2.24) is 25.3 Å². The minimum absolute atomic E-state index is 0.198. The van der Waals surface area contributed by atoms with E-state index in [9.17, 15) is 27.6 Å². The third-order valence-corrected chi connectivity index (χ3v) is 9.02. The number of aryl methyl sites for hydroxylation is 1. The van der Waals surface area contributed by atoms with Crippen molar-refractivity contribution in [2.24, 2.45) is 0 Å². The van der Waals surface area contributed by atoms with Gasteiger partial charge in [0.05, 0.1) is 16.9 Å². The quantitative estimate of drug-likeness (QED) is 0.221. The van der Waals surface area contributed by atoms with Crippen LogP contribution in [0.2, 0.25) is 0 Å². The summed E-state index contributed by atoms with van der Waals surface area (Å²) in [7, 11) is 0. The minimum atomic E-state index is -4.65. The molecule has 1 aromatic heterocycles. The predicted molar refractivity (Wildman–Crippen MR) is 179 cm³/mol. The van der Waals surface area contributed by atoms with E-state index >= 15 is 0 Å². The number of hydrogen-bond donors (Lipinski definition) is 2. The summed E-state index contributed by atoms with van der Waals surface area (Å²) in [4.78, 5) is 44.5. The van der Waals surface area contributed by atoms with Crippen LogP contribution >= 0.6 is 0 Å². The van der Waals surface area contributed by atoms with Gasteiger partial charge in [-0.15, -0.1) is 0 Å². The van der Waals surface area contributed by atoms with Gasteiger partial charge in [-0.25, -0.2) is 4.68 Å². The van der Waals surface area contributed by atoms with Crippen LogP contribution in [0.4, 0.5) is 19.0 Å². The smallest absolute Gasteiger partial charge is 0.348 e. The number of benzene rings is 3. The molecule has 4 aromatic rings. The average Bonchev–Trinajstić information content (AvgIpc) is 3.41. The summed E-state index contributed by atoms with van der Waals surface area (Å²) < 4.78 is 42.3. The number of alkyl halides is 3. The molecule has 6 rings (SSSR count). The predicted octanol–water partition coefficient (Wildman–Crippen LogP) is 5.37. The highest BCUT2D eigenvalue weighted by atomic mass is 19.4. The van der Waals surface area contributed by atoms with Crippen molar-refractivity contribution < 1.29 is 27.6 Å². The van der Waals surface area contributed by atoms with Crippen LogP contribution in [0.25, 0.3) is 5.69 Å². The first kappa shape index (κ1) is 33.7. The van der Waals surface area contributed by atoms with Crippen molar-refractivity contribution in [3.05, 3.63) is 125 Å². The lowest BCUT2D eigenvalue weighted by molar-refractivity contribution is -0.137. The van der Waals surface area contributed by atoms with Gasteiger partial charge in [-0.05, 0) is 74.8 Å². The maximum atomic E-state index is 14.4. The molecular formula is C37H37F3N6O3. The first-order chi connectivity index (χ1) is 23.5. The summed E-state index contributed by atoms with van der Waals surface area (Å²) in [6, 6.07) is 19.7. The monoisotopic (exact) mass is 670 g/mol. The third kappa shape index (κ3) is 6.86. The van der Waals surface area contributed by atoms with Gasteiger partial charge in [0, 0.05) is 42.3 Å². The number of aromatic nitrogens is 2. The van der Waals surface area contributed by atoms with Crippen LogP contribution in [0.15, 0.2) is 91.0 Å². The Morgan fingerprint density at radius 3 is 2.41 bits per heavy atom. The van der Waals surface area contributed by atoms with Crippen LogP contribution in [0.3, 0.4) is 0 Å². The molecule has 3 aromatic carbocycles. The number of anilines is 1. The lowest BCUT2D eigenvalue weighted by Gasteiger charge is -2.38. The lowest BCUT2D eigenvalue weighted by Crippen LogP contribution is -2.55. The summed E-state index contributed by atoms with van der Waals surface area (Å²) in [6.45, 7) is 10.4. The van der Waals surface area contributed by atoms with Crippen molar-refractivity contribution in [3.63, 3.8) is 0 Å². The zero-order valence-corrected chi connectivity index (χ0v) is 27.3. The highest BCUT2D eigenvalue weighted by molar-refractivity contribution is 6.05. The number of carbonyl (C=O) groups is 3. The Morgan fingerprint density at radius 1 is 1.00 bits per heavy atom. The Balaban J connectivity index is 1.39. The number of rotatable bonds is 10. The summed E-state index contributed by atoms with van der Waals surface area (Å²) in [5, 5.41) is 10.5. The van der Waals surface area contributed by atoms with Crippen molar-refractivity contribution >= 4 is 23.5 Å². The molecule has 2 aliphatic rings. The van der Waals surface area contributed by atoms with E-state index in [4.69, 9.17) is 5.10 Å². The van der Waals surface area contributed by atoms with Crippen molar-refractivity contribution in [3.8, 4) is 5.69 Å². The molecule has 9 nitrogen and oxygen atoms in total. The zero-order chi connectivity index (χ0) is 34.9. The van der Waals surface area contributed by atoms with E-state index in [-0.39, 0.29) is 24.6 Å². The average molecular weight is 671 g/mol. The maximum Gasteiger partial charge on any atom is 0.416 e. The second kappa shape index (κ2) is 13.7. The maximum absolute atomic E-state index is 14.4. The van der Waals surface area contributed by atoms with E-state index < -0.39 is 35.5 Å². The normalized spacial score (nSPS) is 17.7. The first-order valence-electron chi connectivity index (χ1n) is 16.2. The minimum Gasteiger partial charge on any atom is -0.348 e. The molecule has 0 saturated carbocycles. The van der Waals surface area contributed by atoms with E-state index in [0.717, 1.165) is 42.9 Å². The number of likely N-dealkylation sites (N-methyl/N-ethyl adjacent to an activating group) is 1. The lowest BCUT2D eigenvalue weighted by atomic mass is 9.80. The van der Waals surface area contributed by atoms with Crippen LogP contribution in [0, 0.1) is 6.92 Å². The van der Waals surface area contributed by atoms with E-state index in [2.05, 4.69) is 22.1 Å². The summed E-state index contributed by atoms with van der Waals surface area (Å²) in [6.07, 6.45) is -3.54. The fraction of sp³-hybridized carbons (Fsp3) is 0.297. The Morgan fingerprint density at radius 2 is 1.73 bits per heavy atom. The van der Waals surface area contributed by atoms with Crippen LogP contribution in [0.5, 0.6) is 0 Å². The Labute approximate surface area is 282 Å². The van der Waals surface area contributed by atoms with Gasteiger partial charge in [0.15, 0.2) is 0 Å². The highest BCUT2D eigenvalue weighted by Gasteiger charge is 2.45. The van der Waals surface area contributed by atoms with Gasteiger partial charge in [0.1, 0.15) is 11.9 Å². The molecule has 2 aliphatic heterocycles. The molecule has 0 bridgehead atoms. The van der Waals surface area contributed by atoms with Crippen LogP contribution in [-0.2, 0) is 22.3 Å². The molecule has 3 amide bonds. The second-order valence-electron chi connectivity index (χ2n) is 12.3. The van der Waals surface area contributed by atoms with Crippen LogP contribution in [-0.4, -0.2) is 64.6 Å². The SMILES string of the molecule is C=C(CN1CCC1)C(=O)NCc1cccc([C@@H]2c3c(C)nn(-c4ccccc4)c3N(CC)C(=O)[C@H]2NC(=O)c2cccc(C(F)(F)F)c2)c1. The number of amides is 3. The van der Waals surface area contributed by atoms with E-state index in [1.54, 1.807) is 9.58 Å². The number of likely N-dealkylation sites (tertiary alicyclic amines) is 1. The Kier molecular flexibility index (Phi) is 9.42. The standard InChI is InChI=1S/C37H37F3N6O3/c1-4-45-35-30(24(3)43-46(35)29-15-6-5-7-16-29)31(32(36(45)49)42-34(48)27-13-9-14-28(20-27)37(38,39)40)26-12-8-11-25(19-26)21-41-33(47)23(2)22-44-17-10-18-44/h5-9,11-16,19-20,31-32H,2,4,10,17-18,21-22H2,1,3H3,(H,41,47)(H,42,48)/t31-,32+/m1/s1. The molecule has 3 heterocycles. The highest BCUT2D eigenvalue weighted by Crippen LogP contribution is 2.43. The largest absolute Gasteiger partial charge is 0.416 e. The molecule has 2 N–H and O–H groups in total. The van der Waals surface area contributed by atoms with Crippen LogP contribution in [0.1, 0.15) is 57.6 Å². The molecule has 0 aliphatic carbocycles. The zero-order valence-electron chi connectivity index (χ0n) is 27.3. The fourth-order valence-corrected chi connectivity index (χ4v) is 6.44. The molecule has 0 spiro atoms. The summed E-state index contributed by atoms with van der Waals surface area (Å²) >= 11 is 0. The molecule has 12 heteroatoms. The number of fused-ring (bicyclic) bond motifs is 1. The van der Waals surface area contributed by atoms with Gasteiger partial charge in [-0.3, -0.25) is 24.2 Å². The molecule has 1 fully saturated rings. The van der Waals surface area contributed by atoms with Gasteiger partial charge in [0.25, 0.3) is 11.8 Å². The molecule has 2 atom stereocenters. The van der Waals surface area contributed by atoms with Gasteiger partial charge in [-0.1, -0.05) is 55.1 Å². The molecule has 254 valence electrons. The van der Waals surface area contributed by atoms with Gasteiger partial charge in [-0.2, -0.15) is 18.3 Å². The van der Waals surface area contributed by atoms with Gasteiger partial charge in [0.2, 0.25) is 5.91 Å². The van der Waals surface area contributed by atoms with E-state index in [1.807, 2.05) is 68.4 Å². The fourth-order valence-electron chi connectivity index (χ4n) is 6.44. The second-order valence-corrected chi connectivity index (χ2v) is 12.3. The van der Waals surface area contributed by atoms with E-state index in [1.165, 1.54) is 12.1 Å². The van der Waals surface area contributed by atoms with Crippen molar-refractivity contribution in [1.29, 1.82) is 0 Å². The number of nitrogens with one attached hydrogen (secondary N) is 2. The van der Waals surface area contributed by atoms with Crippen LogP contribution < -0.4 is 15.5 Å². The van der Waals surface area contributed by atoms with Crippen molar-refractivity contribution in [2.75, 3.05) is 31.1 Å². The number of hydrogen-bond acceptors (Lipinski definition) is 5. The van der Waals surface area contributed by atoms with Crippen molar-refractivity contribution in [2.45, 2.75) is 44.9 Å². The number of nitrogens with zero attached hydrogens (tertiary/aromatic N) is 4. The molecule has 0 unspecified atom stereocenters. The van der Waals surface area contributed by atoms with E-state index in [0.29, 0.717) is 34.8 Å². The number of halogens is 3. The number of carbonyl (C=O) groups excluding carboxylic acids is 3. The van der Waals surface area contributed by atoms with Gasteiger partial charge < -0.3 is 10.6 Å².